The van der Waals surface area contributed by atoms with E-state index in [1.54, 1.807) is 25.3 Å². The van der Waals surface area contributed by atoms with Crippen molar-refractivity contribution in [2.75, 3.05) is 52.3 Å². The summed E-state index contributed by atoms with van der Waals surface area (Å²) in [6.07, 6.45) is 0. The first-order valence-electron chi connectivity index (χ1n) is 9.66. The number of ether oxygens (including phenoxy) is 2. The molecule has 1 fully saturated rings. The van der Waals surface area contributed by atoms with Crippen molar-refractivity contribution in [1.82, 2.24) is 9.47 Å². The summed E-state index contributed by atoms with van der Waals surface area (Å²) >= 11 is 0. The van der Waals surface area contributed by atoms with Gasteiger partial charge in [0.1, 0.15) is 17.2 Å². The van der Waals surface area contributed by atoms with E-state index in [9.17, 15) is 14.9 Å². The molecule has 1 aromatic heterocycles. The van der Waals surface area contributed by atoms with Crippen LogP contribution in [0.1, 0.15) is 0 Å². The number of aromatic nitrogens is 1. The number of nitro benzene ring substituents is 1. The van der Waals surface area contributed by atoms with Crippen LogP contribution >= 0.6 is 0 Å². The predicted octanol–water partition coefficient (Wildman–Crippen LogP) is 2.37. The number of pyridine rings is 1. The van der Waals surface area contributed by atoms with Gasteiger partial charge in [0.15, 0.2) is 0 Å². The highest BCUT2D eigenvalue weighted by molar-refractivity contribution is 5.99. The molecule has 0 radical (unpaired) electrons. The van der Waals surface area contributed by atoms with Gasteiger partial charge < -0.3 is 23.8 Å². The molecule has 0 aliphatic carbocycles. The molecule has 0 atom stereocenters. The number of rotatable bonds is 4. The Bertz CT molecular complexity index is 1210. The second-order valence-corrected chi connectivity index (χ2v) is 7.52. The number of benzene rings is 2. The molecule has 2 heterocycles. The van der Waals surface area contributed by atoms with Crippen molar-refractivity contribution in [3.63, 3.8) is 0 Å². The molecule has 1 saturated heterocycles. The van der Waals surface area contributed by atoms with Gasteiger partial charge in [-0.05, 0) is 13.1 Å². The molecular weight excluding hydrogens is 388 g/mol. The number of piperazine rings is 1. The fourth-order valence-electron chi connectivity index (χ4n) is 4.08. The second kappa shape index (κ2) is 7.49. The molecular formula is C21H24N4O5. The van der Waals surface area contributed by atoms with Gasteiger partial charge in [0.05, 0.1) is 40.9 Å². The summed E-state index contributed by atoms with van der Waals surface area (Å²) in [6.45, 7) is 3.01. The van der Waals surface area contributed by atoms with Crippen LogP contribution in [0.15, 0.2) is 29.1 Å². The lowest BCUT2D eigenvalue weighted by atomic mass is 10.1. The van der Waals surface area contributed by atoms with E-state index in [1.165, 1.54) is 13.2 Å². The van der Waals surface area contributed by atoms with E-state index in [0.717, 1.165) is 13.1 Å². The molecule has 4 rings (SSSR count). The fraction of sp³-hybridized carbons (Fsp3) is 0.381. The first-order valence-corrected chi connectivity index (χ1v) is 9.66. The lowest BCUT2D eigenvalue weighted by Crippen LogP contribution is -2.44. The Kier molecular flexibility index (Phi) is 4.98. The molecule has 158 valence electrons. The number of nitrogens with zero attached hydrogens (tertiary/aromatic N) is 4. The van der Waals surface area contributed by atoms with Gasteiger partial charge in [-0.2, -0.15) is 0 Å². The van der Waals surface area contributed by atoms with Crippen molar-refractivity contribution in [3.8, 4) is 11.5 Å². The average molecular weight is 412 g/mol. The Balaban J connectivity index is 2.06. The van der Waals surface area contributed by atoms with E-state index in [2.05, 4.69) is 4.90 Å². The van der Waals surface area contributed by atoms with Crippen LogP contribution in [0, 0.1) is 10.1 Å². The van der Waals surface area contributed by atoms with E-state index >= 15 is 0 Å². The van der Waals surface area contributed by atoms with Gasteiger partial charge in [-0.15, -0.1) is 0 Å². The minimum absolute atomic E-state index is 0.0593. The molecule has 0 amide bonds. The highest BCUT2D eigenvalue weighted by Crippen LogP contribution is 2.36. The lowest BCUT2D eigenvalue weighted by molar-refractivity contribution is -0.384. The molecule has 3 aromatic rings. The van der Waals surface area contributed by atoms with E-state index in [-0.39, 0.29) is 16.5 Å². The Morgan fingerprint density at radius 3 is 2.27 bits per heavy atom. The predicted molar refractivity (Wildman–Crippen MR) is 116 cm³/mol. The number of anilines is 1. The summed E-state index contributed by atoms with van der Waals surface area (Å²) in [5, 5.41) is 12.5. The van der Waals surface area contributed by atoms with Gasteiger partial charge in [-0.25, -0.2) is 0 Å². The summed E-state index contributed by atoms with van der Waals surface area (Å²) in [6, 6.07) is 6.57. The van der Waals surface area contributed by atoms with Gasteiger partial charge in [0, 0.05) is 51.4 Å². The van der Waals surface area contributed by atoms with Crippen LogP contribution in [0.25, 0.3) is 21.8 Å². The van der Waals surface area contributed by atoms with Gasteiger partial charge in [-0.3, -0.25) is 14.9 Å². The zero-order valence-electron chi connectivity index (χ0n) is 17.5. The average Bonchev–Trinajstić information content (AvgIpc) is 2.76. The quantitative estimate of drug-likeness (QED) is 0.369. The molecule has 1 aliphatic rings. The minimum atomic E-state index is -0.415. The van der Waals surface area contributed by atoms with Crippen molar-refractivity contribution in [2.45, 2.75) is 0 Å². The Morgan fingerprint density at radius 2 is 1.67 bits per heavy atom. The van der Waals surface area contributed by atoms with E-state index in [0.29, 0.717) is 46.7 Å². The Hall–Kier alpha value is -3.33. The normalized spacial score (nSPS) is 15.0. The number of aryl methyl sites for hydroxylation is 1. The second-order valence-electron chi connectivity index (χ2n) is 7.52. The molecule has 2 aromatic carbocycles. The maximum atomic E-state index is 13.3. The molecule has 0 spiro atoms. The SMILES string of the molecule is COc1cc(OC)c2c(=O)c3cc([N+](=O)[O-])c(N4CCN(C)CC4)cc3n(C)c2c1. The lowest BCUT2D eigenvalue weighted by Gasteiger charge is -2.33. The summed E-state index contributed by atoms with van der Waals surface area (Å²) in [5.74, 6) is 0.938. The molecule has 9 nitrogen and oxygen atoms in total. The van der Waals surface area contributed by atoms with Gasteiger partial charge in [0.2, 0.25) is 5.43 Å². The molecule has 0 bridgehead atoms. The van der Waals surface area contributed by atoms with Crippen LogP contribution < -0.4 is 19.8 Å². The number of likely N-dealkylation sites (N-methyl/N-ethyl adjacent to an activating group) is 1. The van der Waals surface area contributed by atoms with Crippen LogP contribution in [-0.4, -0.2) is 61.8 Å². The first-order chi connectivity index (χ1) is 14.3. The molecule has 0 unspecified atom stereocenters. The van der Waals surface area contributed by atoms with Crippen LogP contribution in [0.2, 0.25) is 0 Å². The molecule has 9 heteroatoms. The Labute approximate surface area is 173 Å². The molecule has 30 heavy (non-hydrogen) atoms. The van der Waals surface area contributed by atoms with Crippen LogP contribution in [0.4, 0.5) is 11.4 Å². The van der Waals surface area contributed by atoms with Crippen molar-refractivity contribution >= 4 is 33.2 Å². The number of nitro groups is 1. The van der Waals surface area contributed by atoms with Crippen LogP contribution in [-0.2, 0) is 7.05 Å². The summed E-state index contributed by atoms with van der Waals surface area (Å²) < 4.78 is 12.6. The zero-order valence-corrected chi connectivity index (χ0v) is 17.5. The molecule has 0 saturated carbocycles. The first kappa shape index (κ1) is 20.0. The maximum absolute atomic E-state index is 13.3. The van der Waals surface area contributed by atoms with Gasteiger partial charge in [-0.1, -0.05) is 0 Å². The largest absolute Gasteiger partial charge is 0.497 e. The smallest absolute Gasteiger partial charge is 0.293 e. The highest BCUT2D eigenvalue weighted by atomic mass is 16.6. The third-order valence-corrected chi connectivity index (χ3v) is 5.84. The number of methoxy groups -OCH3 is 2. The van der Waals surface area contributed by atoms with Crippen molar-refractivity contribution < 1.29 is 14.4 Å². The monoisotopic (exact) mass is 412 g/mol. The maximum Gasteiger partial charge on any atom is 0.293 e. The molecule has 1 aliphatic heterocycles. The van der Waals surface area contributed by atoms with Crippen LogP contribution in [0.3, 0.4) is 0 Å². The highest BCUT2D eigenvalue weighted by Gasteiger charge is 2.26. The summed E-state index contributed by atoms with van der Waals surface area (Å²) in [4.78, 5) is 29.0. The van der Waals surface area contributed by atoms with Gasteiger partial charge in [0.25, 0.3) is 5.69 Å². The van der Waals surface area contributed by atoms with E-state index in [4.69, 9.17) is 9.47 Å². The summed E-state index contributed by atoms with van der Waals surface area (Å²) in [5.41, 5.74) is 1.44. The topological polar surface area (TPSA) is 90.1 Å². The van der Waals surface area contributed by atoms with E-state index in [1.807, 2.05) is 23.6 Å². The third kappa shape index (κ3) is 3.11. The standard InChI is InChI=1S/C21H24N4O5/c1-22-5-7-24(8-6-22)16-12-15-14(11-17(16)25(27)28)21(26)20-18(23(15)2)9-13(29-3)10-19(20)30-4/h9-12H,5-8H2,1-4H3. The number of fused-ring (bicyclic) bond motifs is 2. The zero-order chi connectivity index (χ0) is 21.6. The van der Waals surface area contributed by atoms with Crippen molar-refractivity contribution in [2.24, 2.45) is 7.05 Å². The fourth-order valence-corrected chi connectivity index (χ4v) is 4.08. The minimum Gasteiger partial charge on any atom is -0.497 e. The van der Waals surface area contributed by atoms with Gasteiger partial charge >= 0.3 is 0 Å². The Morgan fingerprint density at radius 1 is 0.967 bits per heavy atom. The molecule has 0 N–H and O–H groups in total. The van der Waals surface area contributed by atoms with Crippen molar-refractivity contribution in [1.29, 1.82) is 0 Å². The number of hydrogen-bond acceptors (Lipinski definition) is 7. The number of hydrogen-bond donors (Lipinski definition) is 0. The van der Waals surface area contributed by atoms with Crippen molar-refractivity contribution in [3.05, 3.63) is 44.6 Å². The van der Waals surface area contributed by atoms with E-state index < -0.39 is 4.92 Å². The third-order valence-electron chi connectivity index (χ3n) is 5.84. The van der Waals surface area contributed by atoms with Crippen LogP contribution in [0.5, 0.6) is 11.5 Å². The summed E-state index contributed by atoms with van der Waals surface area (Å²) in [7, 11) is 6.90.